The van der Waals surface area contributed by atoms with Crippen LogP contribution in [0.15, 0.2) is 88.3 Å². The van der Waals surface area contributed by atoms with E-state index in [2.05, 4.69) is 10.1 Å². The number of aromatic nitrogens is 1. The molecule has 12 heteroatoms. The molecule has 0 atom stereocenters. The third kappa shape index (κ3) is 3.95. The maximum absolute atomic E-state index is 13.1. The Labute approximate surface area is 207 Å². The van der Waals surface area contributed by atoms with E-state index in [0.29, 0.717) is 22.5 Å². The Balaban J connectivity index is 1.78. The molecule has 0 saturated heterocycles. The molecule has 4 aromatic rings. The van der Waals surface area contributed by atoms with Crippen molar-refractivity contribution in [3.05, 3.63) is 109 Å². The van der Waals surface area contributed by atoms with Crippen molar-refractivity contribution in [1.82, 2.24) is 4.68 Å². The highest BCUT2D eigenvalue weighted by Gasteiger charge is 2.31. The fraction of sp³-hybridized carbons (Fsp3) is 0.0417. The summed E-state index contributed by atoms with van der Waals surface area (Å²) in [7, 11) is 1.64. The molecule has 0 radical (unpaired) electrons. The highest BCUT2D eigenvalue weighted by atomic mass is 32.1. The Morgan fingerprint density at radius 3 is 2.44 bits per heavy atom. The monoisotopic (exact) mass is 500 g/mol. The molecule has 0 fully saturated rings. The van der Waals surface area contributed by atoms with Gasteiger partial charge in [0.1, 0.15) is 5.69 Å². The first-order chi connectivity index (χ1) is 17.3. The van der Waals surface area contributed by atoms with Crippen LogP contribution in [0.25, 0.3) is 11.3 Å². The fourth-order valence-electron chi connectivity index (χ4n) is 3.81. The summed E-state index contributed by atoms with van der Waals surface area (Å²) in [6.45, 7) is 0. The Kier molecular flexibility index (Phi) is 5.70. The minimum absolute atomic E-state index is 0.110. The second kappa shape index (κ2) is 9.00. The van der Waals surface area contributed by atoms with Crippen LogP contribution >= 0.6 is 11.3 Å². The molecule has 3 aromatic carbocycles. The molecule has 1 aromatic heterocycles. The summed E-state index contributed by atoms with van der Waals surface area (Å²) in [6.07, 6.45) is 0. The number of anilines is 1. The van der Waals surface area contributed by atoms with Gasteiger partial charge in [-0.05, 0) is 12.1 Å². The molecule has 1 aliphatic heterocycles. The number of carbonyl (C=O) groups is 1. The van der Waals surface area contributed by atoms with Gasteiger partial charge >= 0.3 is 0 Å². The van der Waals surface area contributed by atoms with Crippen molar-refractivity contribution in [3.63, 3.8) is 0 Å². The van der Waals surface area contributed by atoms with Gasteiger partial charge in [-0.1, -0.05) is 42.5 Å². The number of non-ortho nitro benzene ring substituents is 1. The highest BCUT2D eigenvalue weighted by molar-refractivity contribution is 7.07. The van der Waals surface area contributed by atoms with E-state index < -0.39 is 9.85 Å². The molecule has 0 saturated carbocycles. The Morgan fingerprint density at radius 1 is 0.917 bits per heavy atom. The first-order valence-corrected chi connectivity index (χ1v) is 11.4. The van der Waals surface area contributed by atoms with Gasteiger partial charge in [0.05, 0.1) is 21.2 Å². The predicted octanol–water partition coefficient (Wildman–Crippen LogP) is 4.49. The third-order valence-corrected chi connectivity index (χ3v) is 6.38. The number of para-hydroxylation sites is 3. The topological polar surface area (TPSA) is 136 Å². The fourth-order valence-corrected chi connectivity index (χ4v) is 4.66. The van der Waals surface area contributed by atoms with E-state index in [-0.39, 0.29) is 33.5 Å². The van der Waals surface area contributed by atoms with Crippen LogP contribution in [-0.2, 0) is 4.79 Å². The zero-order chi connectivity index (χ0) is 25.4. The number of amides is 1. The lowest BCUT2D eigenvalue weighted by Gasteiger charge is -2.08. The summed E-state index contributed by atoms with van der Waals surface area (Å²) in [5.41, 5.74) is 2.17. The average molecular weight is 500 g/mol. The summed E-state index contributed by atoms with van der Waals surface area (Å²) in [6, 6.07) is 19.2. The Morgan fingerprint density at radius 2 is 1.67 bits per heavy atom. The zero-order valence-electron chi connectivity index (χ0n) is 18.6. The minimum Gasteiger partial charge on any atom is -0.309 e. The van der Waals surface area contributed by atoms with E-state index in [0.717, 1.165) is 11.3 Å². The number of nitrogens with zero attached hydrogens (tertiary/aromatic N) is 6. The number of rotatable bonds is 5. The number of nitro groups is 2. The number of nitro benzene ring substituents is 2. The van der Waals surface area contributed by atoms with E-state index in [1.54, 1.807) is 54.9 Å². The number of fused-ring (bicyclic) bond motifs is 1. The van der Waals surface area contributed by atoms with Crippen LogP contribution in [0.5, 0.6) is 0 Å². The predicted molar refractivity (Wildman–Crippen MR) is 135 cm³/mol. The van der Waals surface area contributed by atoms with Gasteiger partial charge in [-0.25, -0.2) is 9.67 Å². The lowest BCUT2D eigenvalue weighted by atomic mass is 10.1. The molecule has 0 spiro atoms. The number of carbonyl (C=O) groups excluding carboxylic acids is 1. The maximum Gasteiger partial charge on any atom is 0.294 e. The van der Waals surface area contributed by atoms with Crippen molar-refractivity contribution in [2.24, 2.45) is 10.1 Å². The average Bonchev–Trinajstić information content (AvgIpc) is 3.38. The molecule has 2 heterocycles. The molecule has 1 amide bonds. The molecule has 0 aliphatic carbocycles. The van der Waals surface area contributed by atoms with Crippen molar-refractivity contribution in [2.45, 2.75) is 0 Å². The van der Waals surface area contributed by atoms with E-state index in [9.17, 15) is 25.0 Å². The molecular weight excluding hydrogens is 484 g/mol. The Hall–Kier alpha value is -4.97. The van der Waals surface area contributed by atoms with Crippen LogP contribution in [0.4, 0.5) is 22.7 Å². The SMILES string of the molecule is CN1C(=O)C(=Nn2c(-c3cccc([N+](=O)[O-])c3)csc2=Nc2ccccc2[N+](=O)[O-])c2ccccc21. The molecule has 0 bridgehead atoms. The molecule has 178 valence electrons. The summed E-state index contributed by atoms with van der Waals surface area (Å²) < 4.78 is 1.39. The van der Waals surface area contributed by atoms with Crippen LogP contribution in [0, 0.1) is 20.2 Å². The maximum atomic E-state index is 13.1. The van der Waals surface area contributed by atoms with Crippen LogP contribution in [0.3, 0.4) is 0 Å². The van der Waals surface area contributed by atoms with Gasteiger partial charge < -0.3 is 4.90 Å². The largest absolute Gasteiger partial charge is 0.309 e. The molecule has 1 aliphatic rings. The zero-order valence-corrected chi connectivity index (χ0v) is 19.5. The van der Waals surface area contributed by atoms with Crippen LogP contribution < -0.4 is 9.70 Å². The van der Waals surface area contributed by atoms with Gasteiger partial charge in [-0.15, -0.1) is 11.3 Å². The van der Waals surface area contributed by atoms with Crippen molar-refractivity contribution in [1.29, 1.82) is 0 Å². The standard InChI is InChI=1S/C24H16N6O5S/c1-27-19-11-4-2-9-17(19)22(23(27)31)26-28-21(15-7-6-8-16(13-15)29(32)33)14-36-24(28)25-18-10-3-5-12-20(18)30(34)35/h2-14H,1H3. The highest BCUT2D eigenvalue weighted by Crippen LogP contribution is 2.30. The third-order valence-electron chi connectivity index (χ3n) is 5.56. The quantitative estimate of drug-likeness (QED) is 0.294. The smallest absolute Gasteiger partial charge is 0.294 e. The van der Waals surface area contributed by atoms with Gasteiger partial charge in [0.15, 0.2) is 5.71 Å². The molecule has 11 nitrogen and oxygen atoms in total. The van der Waals surface area contributed by atoms with Crippen LogP contribution in [0.1, 0.15) is 5.56 Å². The summed E-state index contributed by atoms with van der Waals surface area (Å²) in [5.74, 6) is -0.337. The van der Waals surface area contributed by atoms with Crippen molar-refractivity contribution >= 4 is 45.7 Å². The van der Waals surface area contributed by atoms with E-state index >= 15 is 0 Å². The number of thiazole rings is 1. The van der Waals surface area contributed by atoms with Gasteiger partial charge in [0, 0.05) is 41.8 Å². The van der Waals surface area contributed by atoms with E-state index in [4.69, 9.17) is 0 Å². The van der Waals surface area contributed by atoms with E-state index in [1.165, 1.54) is 33.8 Å². The lowest BCUT2D eigenvalue weighted by Crippen LogP contribution is -2.27. The van der Waals surface area contributed by atoms with Crippen LogP contribution in [0.2, 0.25) is 0 Å². The molecule has 0 N–H and O–H groups in total. The summed E-state index contributed by atoms with van der Waals surface area (Å²) >= 11 is 1.14. The molecular formula is C24H16N6O5S. The van der Waals surface area contributed by atoms with Gasteiger partial charge in [-0.2, -0.15) is 5.10 Å². The van der Waals surface area contributed by atoms with E-state index in [1.807, 2.05) is 6.07 Å². The second-order valence-electron chi connectivity index (χ2n) is 7.71. The molecule has 36 heavy (non-hydrogen) atoms. The minimum atomic E-state index is -0.532. The number of hydrogen-bond donors (Lipinski definition) is 0. The number of likely N-dealkylation sites (N-methyl/N-ethyl adjacent to an activating group) is 1. The second-order valence-corrected chi connectivity index (χ2v) is 8.55. The first-order valence-electron chi connectivity index (χ1n) is 10.5. The normalized spacial score (nSPS) is 14.4. The Bertz CT molecular complexity index is 1650. The van der Waals surface area contributed by atoms with Crippen molar-refractivity contribution < 1.29 is 14.6 Å². The molecule has 5 rings (SSSR count). The lowest BCUT2D eigenvalue weighted by molar-refractivity contribution is -0.384. The summed E-state index contributed by atoms with van der Waals surface area (Å²) in [5, 5.41) is 29.2. The first kappa shape index (κ1) is 22.8. The van der Waals surface area contributed by atoms with Gasteiger partial charge in [0.25, 0.3) is 17.3 Å². The molecule has 0 unspecified atom stereocenters. The summed E-state index contributed by atoms with van der Waals surface area (Å²) in [4.78, 5) is 41.1. The van der Waals surface area contributed by atoms with Crippen molar-refractivity contribution in [2.75, 3.05) is 11.9 Å². The number of hydrogen-bond acceptors (Lipinski definition) is 8. The number of benzene rings is 3. The van der Waals surface area contributed by atoms with Crippen molar-refractivity contribution in [3.8, 4) is 11.3 Å². The van der Waals surface area contributed by atoms with Gasteiger partial charge in [-0.3, -0.25) is 25.0 Å². The van der Waals surface area contributed by atoms with Gasteiger partial charge in [0.2, 0.25) is 4.80 Å². The van der Waals surface area contributed by atoms with Crippen LogP contribution in [-0.4, -0.2) is 33.2 Å².